The molecule has 1 fully saturated rings. The van der Waals surface area contributed by atoms with E-state index in [-0.39, 0.29) is 17.3 Å². The zero-order chi connectivity index (χ0) is 25.8. The smallest absolute Gasteiger partial charge is 0.294 e. The molecular weight excluding hydrogens is 733 g/mol. The van der Waals surface area contributed by atoms with Crippen LogP contribution >= 0.6 is 68.5 Å². The molecule has 3 amide bonds. The molecule has 3 aromatic rings. The molecule has 0 unspecified atom stereocenters. The molecule has 184 valence electrons. The second-order valence-electron chi connectivity index (χ2n) is 7.49. The average molecular weight is 749 g/mol. The summed E-state index contributed by atoms with van der Waals surface area (Å²) in [5.41, 5.74) is 1.53. The van der Waals surface area contributed by atoms with Crippen molar-refractivity contribution in [2.45, 2.75) is 6.61 Å². The first-order chi connectivity index (χ1) is 17.2. The summed E-state index contributed by atoms with van der Waals surface area (Å²) in [6.07, 6.45) is 1.60. The van der Waals surface area contributed by atoms with Crippen LogP contribution in [0.15, 0.2) is 65.6 Å². The number of hydrogen-bond donors (Lipinski definition) is 1. The van der Waals surface area contributed by atoms with Gasteiger partial charge < -0.3 is 10.1 Å². The standard InChI is InChI=1S/C25H16ClFI2N2O4S/c26-16-6-2-4-8-20(16)30-22(32)12-31-24(33)21(36-25(31)34)11-14-9-18(28)23(19(29)10-14)35-13-15-5-1-3-7-17(15)27/h1-11H,12-13H2,(H,30,32)/b21-11+. The first-order valence-electron chi connectivity index (χ1n) is 10.4. The molecule has 0 saturated carbocycles. The van der Waals surface area contributed by atoms with Crippen LogP contribution in [0.4, 0.5) is 14.9 Å². The van der Waals surface area contributed by atoms with Gasteiger partial charge in [0.25, 0.3) is 11.1 Å². The van der Waals surface area contributed by atoms with Crippen LogP contribution in [0.3, 0.4) is 0 Å². The van der Waals surface area contributed by atoms with Crippen molar-refractivity contribution in [1.29, 1.82) is 0 Å². The van der Waals surface area contributed by atoms with Gasteiger partial charge in [-0.2, -0.15) is 0 Å². The van der Waals surface area contributed by atoms with E-state index in [2.05, 4.69) is 50.5 Å². The Hall–Kier alpha value is -2.16. The van der Waals surface area contributed by atoms with Crippen LogP contribution in [-0.2, 0) is 16.2 Å². The van der Waals surface area contributed by atoms with E-state index < -0.39 is 23.6 Å². The number of ether oxygens (including phenoxy) is 1. The lowest BCUT2D eigenvalue weighted by Crippen LogP contribution is -2.36. The lowest BCUT2D eigenvalue weighted by molar-refractivity contribution is -0.127. The van der Waals surface area contributed by atoms with E-state index in [9.17, 15) is 18.8 Å². The minimum atomic E-state index is -0.552. The molecule has 11 heteroatoms. The van der Waals surface area contributed by atoms with Crippen LogP contribution in [0, 0.1) is 13.0 Å². The second kappa shape index (κ2) is 11.9. The van der Waals surface area contributed by atoms with Crippen molar-refractivity contribution in [2.24, 2.45) is 0 Å². The number of carbonyl (C=O) groups is 3. The summed E-state index contributed by atoms with van der Waals surface area (Å²) in [6.45, 7) is -0.349. The van der Waals surface area contributed by atoms with E-state index in [4.69, 9.17) is 16.3 Å². The summed E-state index contributed by atoms with van der Waals surface area (Å²) < 4.78 is 21.3. The fourth-order valence-corrected chi connectivity index (χ4v) is 6.40. The van der Waals surface area contributed by atoms with Gasteiger partial charge in [-0.3, -0.25) is 19.3 Å². The van der Waals surface area contributed by atoms with E-state index in [1.165, 1.54) is 6.07 Å². The van der Waals surface area contributed by atoms with Crippen molar-refractivity contribution in [3.63, 3.8) is 0 Å². The molecule has 0 bridgehead atoms. The van der Waals surface area contributed by atoms with Crippen LogP contribution < -0.4 is 10.1 Å². The molecule has 1 saturated heterocycles. The largest absolute Gasteiger partial charge is 0.487 e. The minimum absolute atomic E-state index is 0.0766. The molecule has 0 aliphatic carbocycles. The van der Waals surface area contributed by atoms with Gasteiger partial charge >= 0.3 is 0 Å². The zero-order valence-corrected chi connectivity index (χ0v) is 24.2. The first-order valence-corrected chi connectivity index (χ1v) is 13.7. The lowest BCUT2D eigenvalue weighted by atomic mass is 10.2. The third kappa shape index (κ3) is 6.39. The van der Waals surface area contributed by atoms with E-state index >= 15 is 0 Å². The quantitative estimate of drug-likeness (QED) is 0.210. The Bertz CT molecular complexity index is 1380. The lowest BCUT2D eigenvalue weighted by Gasteiger charge is -2.13. The molecular formula is C25H16ClFI2N2O4S. The van der Waals surface area contributed by atoms with Gasteiger partial charge in [-0.25, -0.2) is 4.39 Å². The molecule has 1 aliphatic rings. The number of imide groups is 1. The molecule has 36 heavy (non-hydrogen) atoms. The number of nitrogens with one attached hydrogen (secondary N) is 1. The predicted octanol–water partition coefficient (Wildman–Crippen LogP) is 6.94. The summed E-state index contributed by atoms with van der Waals surface area (Å²) in [7, 11) is 0. The maximum Gasteiger partial charge on any atom is 0.294 e. The Balaban J connectivity index is 1.45. The highest BCUT2D eigenvalue weighted by atomic mass is 127. The number of thioether (sulfide) groups is 1. The maximum absolute atomic E-state index is 13.9. The monoisotopic (exact) mass is 748 g/mol. The zero-order valence-electron chi connectivity index (χ0n) is 18.3. The molecule has 0 aromatic heterocycles. The van der Waals surface area contributed by atoms with Crippen molar-refractivity contribution < 1.29 is 23.5 Å². The van der Waals surface area contributed by atoms with Crippen LogP contribution in [0.5, 0.6) is 5.75 Å². The molecule has 0 atom stereocenters. The minimum Gasteiger partial charge on any atom is -0.487 e. The molecule has 1 N–H and O–H groups in total. The van der Waals surface area contributed by atoms with Gasteiger partial charge in [0.05, 0.1) is 22.8 Å². The van der Waals surface area contributed by atoms with E-state index in [0.717, 1.165) is 23.8 Å². The second-order valence-corrected chi connectivity index (χ2v) is 11.2. The number of rotatable bonds is 7. The van der Waals surface area contributed by atoms with Crippen LogP contribution in [0.1, 0.15) is 11.1 Å². The molecule has 1 aliphatic heterocycles. The normalized spacial score (nSPS) is 14.4. The highest BCUT2D eigenvalue weighted by Crippen LogP contribution is 2.35. The number of amides is 3. The van der Waals surface area contributed by atoms with Gasteiger partial charge in [-0.15, -0.1) is 0 Å². The molecule has 6 nitrogen and oxygen atoms in total. The van der Waals surface area contributed by atoms with Gasteiger partial charge in [0.15, 0.2) is 0 Å². The Labute approximate surface area is 242 Å². The summed E-state index contributed by atoms with van der Waals surface area (Å²) >= 11 is 11.0. The maximum atomic E-state index is 13.9. The molecule has 0 radical (unpaired) electrons. The first kappa shape index (κ1) is 26.9. The number of para-hydroxylation sites is 1. The third-order valence-corrected chi connectivity index (χ3v) is 7.81. The Kier molecular flexibility index (Phi) is 8.91. The molecule has 0 spiro atoms. The van der Waals surface area contributed by atoms with Crippen LogP contribution in [-0.4, -0.2) is 28.5 Å². The summed E-state index contributed by atoms with van der Waals surface area (Å²) in [5.74, 6) is -0.826. The average Bonchev–Trinajstić information content (AvgIpc) is 3.08. The summed E-state index contributed by atoms with van der Waals surface area (Å²) in [6, 6.07) is 16.7. The number of halogens is 4. The van der Waals surface area contributed by atoms with Gasteiger partial charge in [0, 0.05) is 5.56 Å². The number of benzene rings is 3. The number of nitrogens with zero attached hydrogens (tertiary/aromatic N) is 1. The van der Waals surface area contributed by atoms with Crippen molar-refractivity contribution in [1.82, 2.24) is 4.90 Å². The van der Waals surface area contributed by atoms with Gasteiger partial charge in [-0.1, -0.05) is 41.9 Å². The number of anilines is 1. The SMILES string of the molecule is O=C(CN1C(=O)S/C(=C/c2cc(I)c(OCc3ccccc3F)c(I)c2)C1=O)Nc1ccccc1Cl. The number of carbonyl (C=O) groups excluding carboxylic acids is 3. The fraction of sp³-hybridized carbons (Fsp3) is 0.0800. The van der Waals surface area contributed by atoms with Gasteiger partial charge in [0.2, 0.25) is 5.91 Å². The van der Waals surface area contributed by atoms with Crippen LogP contribution in [0.25, 0.3) is 6.08 Å². The Morgan fingerprint density at radius 1 is 1.08 bits per heavy atom. The van der Waals surface area contributed by atoms with Crippen molar-refractivity contribution in [3.8, 4) is 5.75 Å². The van der Waals surface area contributed by atoms with Gasteiger partial charge in [0.1, 0.15) is 24.7 Å². The molecule has 3 aromatic carbocycles. The number of hydrogen-bond acceptors (Lipinski definition) is 5. The molecule has 1 heterocycles. The van der Waals surface area contributed by atoms with Crippen molar-refractivity contribution in [3.05, 3.63) is 94.7 Å². The predicted molar refractivity (Wildman–Crippen MR) is 155 cm³/mol. The highest BCUT2D eigenvalue weighted by Gasteiger charge is 2.36. The summed E-state index contributed by atoms with van der Waals surface area (Å²) in [5, 5.41) is 2.43. The van der Waals surface area contributed by atoms with Crippen molar-refractivity contribution >= 4 is 97.4 Å². The Morgan fingerprint density at radius 3 is 2.44 bits per heavy atom. The van der Waals surface area contributed by atoms with Gasteiger partial charge in [-0.05, 0) is 98.9 Å². The topological polar surface area (TPSA) is 75.7 Å². The Morgan fingerprint density at radius 2 is 1.75 bits per heavy atom. The third-order valence-electron chi connectivity index (χ3n) is 4.97. The fourth-order valence-electron chi connectivity index (χ4n) is 3.25. The van der Waals surface area contributed by atoms with E-state index in [1.807, 2.05) is 0 Å². The molecule has 4 rings (SSSR count). The van der Waals surface area contributed by atoms with Crippen LogP contribution in [0.2, 0.25) is 5.02 Å². The van der Waals surface area contributed by atoms with E-state index in [1.54, 1.807) is 60.7 Å². The highest BCUT2D eigenvalue weighted by molar-refractivity contribution is 14.1. The van der Waals surface area contributed by atoms with Crippen molar-refractivity contribution in [2.75, 3.05) is 11.9 Å². The van der Waals surface area contributed by atoms with E-state index in [0.29, 0.717) is 27.6 Å². The summed E-state index contributed by atoms with van der Waals surface area (Å²) in [4.78, 5) is 38.8.